The number of hydrogen-bond acceptors (Lipinski definition) is 6. The summed E-state index contributed by atoms with van der Waals surface area (Å²) >= 11 is 6.11. The van der Waals surface area contributed by atoms with Gasteiger partial charge in [0.1, 0.15) is 0 Å². The minimum atomic E-state index is -0.372. The van der Waals surface area contributed by atoms with Crippen LogP contribution in [-0.4, -0.2) is 61.6 Å². The highest BCUT2D eigenvalue weighted by atomic mass is 35.5. The van der Waals surface area contributed by atoms with E-state index >= 15 is 0 Å². The molecule has 8 nitrogen and oxygen atoms in total. The molecule has 1 saturated heterocycles. The van der Waals surface area contributed by atoms with Gasteiger partial charge in [0.2, 0.25) is 0 Å². The number of nitriles is 1. The second-order valence-electron chi connectivity index (χ2n) is 9.29. The molecule has 1 fully saturated rings. The van der Waals surface area contributed by atoms with Crippen molar-refractivity contribution >= 4 is 29.3 Å². The Morgan fingerprint density at radius 3 is 2.21 bits per heavy atom. The Bertz CT molecular complexity index is 1280. The molecule has 1 aliphatic heterocycles. The number of anilines is 1. The molecule has 1 unspecified atom stereocenters. The molecule has 9 heteroatoms. The van der Waals surface area contributed by atoms with E-state index in [4.69, 9.17) is 26.3 Å². The molecule has 0 spiro atoms. The van der Waals surface area contributed by atoms with Crippen LogP contribution in [0.4, 0.5) is 10.5 Å². The van der Waals surface area contributed by atoms with Crippen molar-refractivity contribution in [1.82, 2.24) is 9.80 Å². The molecule has 0 saturated carbocycles. The zero-order valence-electron chi connectivity index (χ0n) is 21.8. The fourth-order valence-corrected chi connectivity index (χ4v) is 4.48. The second kappa shape index (κ2) is 13.8. The molecule has 3 aromatic carbocycles. The standard InChI is InChI=1S/C30H31ClN4O4/c1-38-29(36)25-6-2-23(3-7-25)21-39-28(24-8-10-26(31)11-9-24)20-34-16-18-35(19-17-34)30(37)33-27-12-4-22(5-13-27)14-15-32/h2-13,28H,14,16-21H2,1H3,(H,33,37). The number of urea groups is 1. The van der Waals surface area contributed by atoms with Gasteiger partial charge in [-0.05, 0) is 53.1 Å². The molecule has 2 amide bonds. The fourth-order valence-electron chi connectivity index (χ4n) is 4.35. The third-order valence-corrected chi connectivity index (χ3v) is 6.89. The van der Waals surface area contributed by atoms with Crippen LogP contribution >= 0.6 is 11.6 Å². The van der Waals surface area contributed by atoms with E-state index in [2.05, 4.69) is 16.3 Å². The summed E-state index contributed by atoms with van der Waals surface area (Å²) in [7, 11) is 1.36. The predicted octanol–water partition coefficient (Wildman–Crippen LogP) is 5.30. The summed E-state index contributed by atoms with van der Waals surface area (Å²) in [6.07, 6.45) is 0.147. The maximum atomic E-state index is 12.8. The lowest BCUT2D eigenvalue weighted by Crippen LogP contribution is -2.50. The number of methoxy groups -OCH3 is 1. The smallest absolute Gasteiger partial charge is 0.337 e. The maximum absolute atomic E-state index is 12.8. The van der Waals surface area contributed by atoms with Gasteiger partial charge in [0.15, 0.2) is 0 Å². The van der Waals surface area contributed by atoms with Gasteiger partial charge in [0.25, 0.3) is 0 Å². The second-order valence-corrected chi connectivity index (χ2v) is 9.73. The number of carbonyl (C=O) groups is 2. The fraction of sp³-hybridized carbons (Fsp3) is 0.300. The highest BCUT2D eigenvalue weighted by Crippen LogP contribution is 2.24. The first-order chi connectivity index (χ1) is 18.9. The molecule has 4 rings (SSSR count). The minimum Gasteiger partial charge on any atom is -0.465 e. The van der Waals surface area contributed by atoms with Crippen LogP contribution in [0, 0.1) is 11.3 Å². The summed E-state index contributed by atoms with van der Waals surface area (Å²) in [5.41, 5.74) is 4.09. The first-order valence-corrected chi connectivity index (χ1v) is 13.1. The van der Waals surface area contributed by atoms with Crippen LogP contribution in [0.5, 0.6) is 0 Å². The van der Waals surface area contributed by atoms with E-state index in [1.165, 1.54) is 7.11 Å². The monoisotopic (exact) mass is 546 g/mol. The maximum Gasteiger partial charge on any atom is 0.337 e. The number of piperazine rings is 1. The number of rotatable bonds is 9. The number of ether oxygens (including phenoxy) is 2. The number of hydrogen-bond donors (Lipinski definition) is 1. The summed E-state index contributed by atoms with van der Waals surface area (Å²) < 4.78 is 11.1. The van der Waals surface area contributed by atoms with Crippen molar-refractivity contribution in [3.05, 3.63) is 100 Å². The summed E-state index contributed by atoms with van der Waals surface area (Å²) in [4.78, 5) is 28.6. The Kier molecular flexibility index (Phi) is 9.92. The first kappa shape index (κ1) is 28.1. The average molecular weight is 547 g/mol. The Labute approximate surface area is 233 Å². The van der Waals surface area contributed by atoms with Gasteiger partial charge in [-0.1, -0.05) is 48.0 Å². The summed E-state index contributed by atoms with van der Waals surface area (Å²) in [5, 5.41) is 12.4. The first-order valence-electron chi connectivity index (χ1n) is 12.7. The molecule has 1 aliphatic rings. The highest BCUT2D eigenvalue weighted by Gasteiger charge is 2.24. The van der Waals surface area contributed by atoms with E-state index < -0.39 is 0 Å². The van der Waals surface area contributed by atoms with Crippen LogP contribution in [0.1, 0.15) is 33.2 Å². The molecular formula is C30H31ClN4O4. The lowest BCUT2D eigenvalue weighted by atomic mass is 10.1. The van der Waals surface area contributed by atoms with Gasteiger partial charge in [-0.25, -0.2) is 9.59 Å². The van der Waals surface area contributed by atoms with Gasteiger partial charge in [0.05, 0.1) is 37.9 Å². The van der Waals surface area contributed by atoms with Crippen molar-refractivity contribution in [2.75, 3.05) is 45.2 Å². The third kappa shape index (κ3) is 8.04. The number of halogens is 1. The van der Waals surface area contributed by atoms with Crippen LogP contribution < -0.4 is 5.32 Å². The predicted molar refractivity (Wildman–Crippen MR) is 150 cm³/mol. The number of esters is 1. The largest absolute Gasteiger partial charge is 0.465 e. The van der Waals surface area contributed by atoms with Gasteiger partial charge in [-0.3, -0.25) is 4.90 Å². The molecule has 3 aromatic rings. The van der Waals surface area contributed by atoms with Crippen molar-refractivity contribution in [2.45, 2.75) is 19.1 Å². The zero-order valence-corrected chi connectivity index (χ0v) is 22.6. The number of benzene rings is 3. The molecule has 1 N–H and O–H groups in total. The third-order valence-electron chi connectivity index (χ3n) is 6.64. The molecule has 1 atom stereocenters. The van der Waals surface area contributed by atoms with Crippen molar-refractivity contribution < 1.29 is 19.1 Å². The molecule has 0 aromatic heterocycles. The van der Waals surface area contributed by atoms with E-state index in [9.17, 15) is 9.59 Å². The van der Waals surface area contributed by atoms with E-state index in [0.29, 0.717) is 48.9 Å². The van der Waals surface area contributed by atoms with Crippen molar-refractivity contribution in [1.29, 1.82) is 5.26 Å². The van der Waals surface area contributed by atoms with Crippen LogP contribution in [0.15, 0.2) is 72.8 Å². The number of nitrogens with one attached hydrogen (secondary N) is 1. The number of nitrogens with zero attached hydrogens (tertiary/aromatic N) is 3. The molecule has 0 bridgehead atoms. The van der Waals surface area contributed by atoms with Crippen LogP contribution in [0.2, 0.25) is 5.02 Å². The van der Waals surface area contributed by atoms with E-state index in [0.717, 1.165) is 29.8 Å². The number of carbonyl (C=O) groups excluding carboxylic acids is 2. The van der Waals surface area contributed by atoms with Crippen LogP contribution in [0.25, 0.3) is 0 Å². The normalized spacial score (nSPS) is 14.3. The van der Waals surface area contributed by atoms with Gasteiger partial charge in [0, 0.05) is 43.4 Å². The SMILES string of the molecule is COC(=O)c1ccc(COC(CN2CCN(C(=O)Nc3ccc(CC#N)cc3)CC2)c2ccc(Cl)cc2)cc1. The quantitative estimate of drug-likeness (QED) is 0.366. The average Bonchev–Trinajstić information content (AvgIpc) is 2.97. The van der Waals surface area contributed by atoms with Gasteiger partial charge >= 0.3 is 12.0 Å². The van der Waals surface area contributed by atoms with Crippen LogP contribution in [0.3, 0.4) is 0 Å². The summed E-state index contributed by atoms with van der Waals surface area (Å²) in [6, 6.07) is 24.1. The lowest BCUT2D eigenvalue weighted by Gasteiger charge is -2.36. The van der Waals surface area contributed by atoms with Crippen molar-refractivity contribution in [2.24, 2.45) is 0 Å². The van der Waals surface area contributed by atoms with Crippen LogP contribution in [-0.2, 0) is 22.5 Å². The molecule has 0 aliphatic carbocycles. The van der Waals surface area contributed by atoms with Crippen molar-refractivity contribution in [3.8, 4) is 6.07 Å². The van der Waals surface area contributed by atoms with E-state index in [-0.39, 0.29) is 18.1 Å². The zero-order chi connectivity index (χ0) is 27.6. The number of amides is 2. The van der Waals surface area contributed by atoms with Crippen molar-refractivity contribution in [3.63, 3.8) is 0 Å². The van der Waals surface area contributed by atoms with Gasteiger partial charge in [-0.2, -0.15) is 5.26 Å². The van der Waals surface area contributed by atoms with E-state index in [1.54, 1.807) is 17.0 Å². The topological polar surface area (TPSA) is 94.9 Å². The Morgan fingerprint density at radius 1 is 0.949 bits per heavy atom. The summed E-state index contributed by atoms with van der Waals surface area (Å²) in [5.74, 6) is -0.372. The molecule has 0 radical (unpaired) electrons. The Balaban J connectivity index is 1.33. The van der Waals surface area contributed by atoms with Gasteiger partial charge in [-0.15, -0.1) is 0 Å². The van der Waals surface area contributed by atoms with Gasteiger partial charge < -0.3 is 19.7 Å². The highest BCUT2D eigenvalue weighted by molar-refractivity contribution is 6.30. The lowest BCUT2D eigenvalue weighted by molar-refractivity contribution is 0.00592. The van der Waals surface area contributed by atoms with E-state index in [1.807, 2.05) is 60.7 Å². The molecule has 1 heterocycles. The summed E-state index contributed by atoms with van der Waals surface area (Å²) in [6.45, 7) is 3.68. The minimum absolute atomic E-state index is 0.136. The Morgan fingerprint density at radius 2 is 1.59 bits per heavy atom. The molecule has 39 heavy (non-hydrogen) atoms. The Hall–Kier alpha value is -3.90. The molecular weight excluding hydrogens is 516 g/mol. The molecule has 202 valence electrons.